The minimum absolute atomic E-state index is 0.0258. The van der Waals surface area contributed by atoms with Gasteiger partial charge >= 0.3 is 0 Å². The molecule has 94 valence electrons. The normalized spacial score (nSPS) is 10.3. The summed E-state index contributed by atoms with van der Waals surface area (Å²) in [5.41, 5.74) is 1.96. The molecule has 4 heteroatoms. The van der Waals surface area contributed by atoms with Gasteiger partial charge in [-0.1, -0.05) is 19.1 Å². The van der Waals surface area contributed by atoms with E-state index < -0.39 is 0 Å². The van der Waals surface area contributed by atoms with Crippen molar-refractivity contribution in [2.45, 2.75) is 19.9 Å². The first-order valence-corrected chi connectivity index (χ1v) is 7.41. The van der Waals surface area contributed by atoms with Gasteiger partial charge in [0.15, 0.2) is 0 Å². The van der Waals surface area contributed by atoms with Crippen LogP contribution < -0.4 is 5.32 Å². The summed E-state index contributed by atoms with van der Waals surface area (Å²) in [5, 5.41) is 2.92. The molecule has 0 aliphatic heterocycles. The van der Waals surface area contributed by atoms with Crippen molar-refractivity contribution in [3.8, 4) is 0 Å². The van der Waals surface area contributed by atoms with Gasteiger partial charge in [0.05, 0.1) is 10.3 Å². The molecule has 18 heavy (non-hydrogen) atoms. The summed E-state index contributed by atoms with van der Waals surface area (Å²) in [5.74, 6) is -0.0258. The van der Waals surface area contributed by atoms with Crippen LogP contribution in [0.1, 0.15) is 27.7 Å². The molecule has 0 spiro atoms. The smallest absolute Gasteiger partial charge is 0.251 e. The van der Waals surface area contributed by atoms with E-state index in [0.29, 0.717) is 12.1 Å². The molecule has 0 aliphatic rings. The Morgan fingerprint density at radius 1 is 1.22 bits per heavy atom. The van der Waals surface area contributed by atoms with Crippen LogP contribution in [-0.2, 0) is 13.0 Å². The van der Waals surface area contributed by atoms with E-state index in [4.69, 9.17) is 0 Å². The van der Waals surface area contributed by atoms with Gasteiger partial charge in [-0.15, -0.1) is 11.3 Å². The highest BCUT2D eigenvalue weighted by atomic mass is 79.9. The van der Waals surface area contributed by atoms with Gasteiger partial charge in [0.2, 0.25) is 0 Å². The van der Waals surface area contributed by atoms with Crippen molar-refractivity contribution >= 4 is 33.2 Å². The highest BCUT2D eigenvalue weighted by Crippen LogP contribution is 2.21. The van der Waals surface area contributed by atoms with E-state index in [2.05, 4.69) is 28.2 Å². The van der Waals surface area contributed by atoms with Crippen molar-refractivity contribution in [3.63, 3.8) is 0 Å². The van der Waals surface area contributed by atoms with Crippen LogP contribution in [0.4, 0.5) is 0 Å². The molecule has 0 saturated carbocycles. The molecule has 1 amide bonds. The highest BCUT2D eigenvalue weighted by Gasteiger charge is 2.05. The molecule has 1 aromatic heterocycles. The lowest BCUT2D eigenvalue weighted by Crippen LogP contribution is -2.22. The molecule has 0 bridgehead atoms. The first kappa shape index (κ1) is 13.3. The van der Waals surface area contributed by atoms with Gasteiger partial charge in [0, 0.05) is 10.4 Å². The summed E-state index contributed by atoms with van der Waals surface area (Å²) in [6, 6.07) is 11.7. The minimum Gasteiger partial charge on any atom is -0.347 e. The number of carbonyl (C=O) groups is 1. The van der Waals surface area contributed by atoms with Gasteiger partial charge in [-0.2, -0.15) is 0 Å². The number of aryl methyl sites for hydroxylation is 1. The van der Waals surface area contributed by atoms with Crippen molar-refractivity contribution in [3.05, 3.63) is 56.2 Å². The van der Waals surface area contributed by atoms with Gasteiger partial charge in [-0.3, -0.25) is 4.79 Å². The monoisotopic (exact) mass is 323 g/mol. The summed E-state index contributed by atoms with van der Waals surface area (Å²) >= 11 is 5.04. The van der Waals surface area contributed by atoms with Crippen molar-refractivity contribution in [1.82, 2.24) is 5.32 Å². The molecule has 2 rings (SSSR count). The molecule has 0 radical (unpaired) electrons. The number of rotatable bonds is 4. The predicted octanol–water partition coefficient (Wildman–Crippen LogP) is 4.00. The van der Waals surface area contributed by atoms with Crippen LogP contribution in [0.15, 0.2) is 40.2 Å². The molecule has 1 heterocycles. The van der Waals surface area contributed by atoms with Gasteiger partial charge in [-0.25, -0.2) is 0 Å². The summed E-state index contributed by atoms with van der Waals surface area (Å²) < 4.78 is 1.08. The molecule has 2 nitrogen and oxygen atoms in total. The molecular formula is C14H14BrNOS. The average molecular weight is 324 g/mol. The quantitative estimate of drug-likeness (QED) is 0.905. The topological polar surface area (TPSA) is 29.1 Å². The fourth-order valence-corrected chi connectivity index (χ4v) is 3.03. The first-order valence-electron chi connectivity index (χ1n) is 5.80. The predicted molar refractivity (Wildman–Crippen MR) is 79.0 cm³/mol. The third-order valence-electron chi connectivity index (χ3n) is 2.68. The molecule has 0 fully saturated rings. The Morgan fingerprint density at radius 2 is 1.94 bits per heavy atom. The number of amides is 1. The Hall–Kier alpha value is -1.13. The molecule has 1 N–H and O–H groups in total. The maximum absolute atomic E-state index is 11.9. The number of thiophene rings is 1. The van der Waals surface area contributed by atoms with E-state index >= 15 is 0 Å². The Labute approximate surface area is 119 Å². The number of halogens is 1. The second-order valence-corrected chi connectivity index (χ2v) is 6.49. The van der Waals surface area contributed by atoms with E-state index in [1.54, 1.807) is 11.3 Å². The van der Waals surface area contributed by atoms with Crippen molar-refractivity contribution in [2.24, 2.45) is 0 Å². The van der Waals surface area contributed by atoms with Crippen LogP contribution >= 0.6 is 27.3 Å². The molecule has 0 unspecified atom stereocenters. The Kier molecular flexibility index (Phi) is 4.55. The fraction of sp³-hybridized carbons (Fsp3) is 0.214. The maximum Gasteiger partial charge on any atom is 0.251 e. The summed E-state index contributed by atoms with van der Waals surface area (Å²) in [6.07, 6.45) is 0.991. The Morgan fingerprint density at radius 3 is 2.50 bits per heavy atom. The average Bonchev–Trinajstić information content (AvgIpc) is 2.82. The van der Waals surface area contributed by atoms with Crippen LogP contribution in [0, 0.1) is 0 Å². The van der Waals surface area contributed by atoms with Crippen LogP contribution in [0.2, 0.25) is 0 Å². The summed E-state index contributed by atoms with van der Waals surface area (Å²) in [6.45, 7) is 2.67. The van der Waals surface area contributed by atoms with Gasteiger partial charge in [0.25, 0.3) is 5.91 Å². The number of hydrogen-bond donors (Lipinski definition) is 1. The zero-order chi connectivity index (χ0) is 13.0. The van der Waals surface area contributed by atoms with Gasteiger partial charge < -0.3 is 5.32 Å². The summed E-state index contributed by atoms with van der Waals surface area (Å²) in [7, 11) is 0. The zero-order valence-electron chi connectivity index (χ0n) is 10.1. The third kappa shape index (κ3) is 3.43. The van der Waals surface area contributed by atoms with Crippen molar-refractivity contribution < 1.29 is 4.79 Å². The van der Waals surface area contributed by atoms with Crippen LogP contribution in [0.25, 0.3) is 0 Å². The second-order valence-electron chi connectivity index (χ2n) is 3.94. The van der Waals surface area contributed by atoms with Crippen LogP contribution in [0.5, 0.6) is 0 Å². The van der Waals surface area contributed by atoms with E-state index in [1.165, 1.54) is 5.56 Å². The maximum atomic E-state index is 11.9. The van der Waals surface area contributed by atoms with Gasteiger partial charge in [0.1, 0.15) is 0 Å². The van der Waals surface area contributed by atoms with E-state index in [1.807, 2.05) is 36.4 Å². The standard InChI is InChI=1S/C14H14BrNOS/c1-2-10-3-5-11(6-4-10)14(17)16-9-12-7-8-13(15)18-12/h3-8H,2,9H2,1H3,(H,16,17). The van der Waals surface area contributed by atoms with Crippen molar-refractivity contribution in [2.75, 3.05) is 0 Å². The lowest BCUT2D eigenvalue weighted by Gasteiger charge is -2.04. The van der Waals surface area contributed by atoms with E-state index in [-0.39, 0.29) is 5.91 Å². The number of nitrogens with one attached hydrogen (secondary N) is 1. The lowest BCUT2D eigenvalue weighted by molar-refractivity contribution is 0.0951. The lowest BCUT2D eigenvalue weighted by atomic mass is 10.1. The minimum atomic E-state index is -0.0258. The Bertz CT molecular complexity index is 533. The van der Waals surface area contributed by atoms with Crippen LogP contribution in [0.3, 0.4) is 0 Å². The van der Waals surface area contributed by atoms with E-state index in [9.17, 15) is 4.79 Å². The number of hydrogen-bond acceptors (Lipinski definition) is 2. The molecule has 0 aliphatic carbocycles. The molecule has 1 aromatic carbocycles. The molecule has 0 saturated heterocycles. The summed E-state index contributed by atoms with van der Waals surface area (Å²) in [4.78, 5) is 13.0. The highest BCUT2D eigenvalue weighted by molar-refractivity contribution is 9.11. The van der Waals surface area contributed by atoms with E-state index in [0.717, 1.165) is 15.1 Å². The fourth-order valence-electron chi connectivity index (χ4n) is 1.61. The molecule has 2 aromatic rings. The molecular weight excluding hydrogens is 310 g/mol. The largest absolute Gasteiger partial charge is 0.347 e. The number of carbonyl (C=O) groups excluding carboxylic acids is 1. The Balaban J connectivity index is 1.94. The number of benzene rings is 1. The van der Waals surface area contributed by atoms with Gasteiger partial charge in [-0.05, 0) is 52.2 Å². The zero-order valence-corrected chi connectivity index (χ0v) is 12.5. The van der Waals surface area contributed by atoms with Crippen molar-refractivity contribution in [1.29, 1.82) is 0 Å². The second kappa shape index (κ2) is 6.16. The third-order valence-corrected chi connectivity index (χ3v) is 4.30. The first-order chi connectivity index (χ1) is 8.69. The molecule has 0 atom stereocenters. The van der Waals surface area contributed by atoms with Crippen LogP contribution in [-0.4, -0.2) is 5.91 Å². The SMILES string of the molecule is CCc1ccc(C(=O)NCc2ccc(Br)s2)cc1.